The largest absolute Gasteiger partial charge is 0.469 e. The normalized spacial score (nSPS) is 39.5. The number of carbonyl (C=O) groups is 1. The number of hydrogen-bond acceptors (Lipinski definition) is 5. The minimum absolute atomic E-state index is 0.0754. The molecule has 0 aromatic rings. The summed E-state index contributed by atoms with van der Waals surface area (Å²) in [7, 11) is -3.69. The van der Waals surface area contributed by atoms with Crippen LogP contribution in [0.2, 0.25) is 57.4 Å². The van der Waals surface area contributed by atoms with Crippen molar-refractivity contribution in [3.8, 4) is 0 Å². The highest BCUT2D eigenvalue weighted by atomic mass is 28.4. The molecule has 5 nitrogen and oxygen atoms in total. The van der Waals surface area contributed by atoms with Gasteiger partial charge in [0.2, 0.25) is 0 Å². The first-order valence-corrected chi connectivity index (χ1v) is 28.3. The summed E-state index contributed by atoms with van der Waals surface area (Å²) < 4.78 is 27.0. The van der Waals surface area contributed by atoms with Crippen LogP contribution in [0, 0.1) is 46.3 Å². The molecular formula is C37H72O5Si3. The maximum absolute atomic E-state index is 12.2. The Morgan fingerprint density at radius 3 is 2.00 bits per heavy atom. The van der Waals surface area contributed by atoms with Crippen molar-refractivity contribution in [3.05, 3.63) is 0 Å². The van der Waals surface area contributed by atoms with Crippen LogP contribution in [0.3, 0.4) is 0 Å². The molecule has 0 aromatic heterocycles. The number of esters is 1. The van der Waals surface area contributed by atoms with E-state index in [1.807, 2.05) is 0 Å². The summed E-state index contributed by atoms with van der Waals surface area (Å²) in [5.41, 5.74) is 0.422. The lowest BCUT2D eigenvalue weighted by Crippen LogP contribution is -2.65. The highest BCUT2D eigenvalue weighted by molar-refractivity contribution is 6.71. The summed E-state index contributed by atoms with van der Waals surface area (Å²) in [5, 5.41) is 0. The van der Waals surface area contributed by atoms with E-state index in [-0.39, 0.29) is 17.5 Å². The van der Waals surface area contributed by atoms with Gasteiger partial charge in [-0.15, -0.1) is 0 Å². The van der Waals surface area contributed by atoms with Crippen LogP contribution >= 0.6 is 0 Å². The SMILES string of the molecule is CC[Si](C)(C)O[C@@H]1CC[C@@]2(C)[C@H](C1)C[C@@H](O[Si](C)(C)CC)[C@@H]1[C@@H]2C[C@@H](O[Si](C)(C)CC)[C@]2(C)[C@@H]([C@H](C)CCC(=O)OC)CC[C@@H]12. The molecule has 0 aliphatic heterocycles. The van der Waals surface area contributed by atoms with E-state index in [1.54, 1.807) is 0 Å². The van der Waals surface area contributed by atoms with Gasteiger partial charge in [0.25, 0.3) is 0 Å². The van der Waals surface area contributed by atoms with Crippen molar-refractivity contribution in [3.63, 3.8) is 0 Å². The van der Waals surface area contributed by atoms with Crippen LogP contribution in [-0.4, -0.2) is 56.3 Å². The van der Waals surface area contributed by atoms with Crippen molar-refractivity contribution in [2.75, 3.05) is 7.11 Å². The molecule has 4 saturated carbocycles. The van der Waals surface area contributed by atoms with Gasteiger partial charge in [-0.2, -0.15) is 0 Å². The molecule has 8 heteroatoms. The van der Waals surface area contributed by atoms with Crippen molar-refractivity contribution in [2.45, 2.75) is 175 Å². The third-order valence-electron chi connectivity index (χ3n) is 14.4. The van der Waals surface area contributed by atoms with E-state index < -0.39 is 25.0 Å². The van der Waals surface area contributed by atoms with Gasteiger partial charge in [0, 0.05) is 18.6 Å². The van der Waals surface area contributed by atoms with Gasteiger partial charge in [-0.1, -0.05) is 41.5 Å². The van der Waals surface area contributed by atoms with Crippen LogP contribution in [0.15, 0.2) is 0 Å². The van der Waals surface area contributed by atoms with Gasteiger partial charge in [-0.3, -0.25) is 4.79 Å². The summed E-state index contributed by atoms with van der Waals surface area (Å²) in [6, 6.07) is 3.51. The quantitative estimate of drug-likeness (QED) is 0.143. The minimum Gasteiger partial charge on any atom is -0.469 e. The molecule has 0 spiro atoms. The van der Waals surface area contributed by atoms with Crippen LogP contribution in [0.25, 0.3) is 0 Å². The zero-order valence-corrected chi connectivity index (χ0v) is 34.7. The standard InChI is InChI=1S/C37H72O5Si3/c1-14-43(8,9)40-28-21-22-36(5)27(23-28)24-32(41-44(10,11)15-2)35-30-19-18-29(26(4)17-20-34(38)39-7)37(30,6)33(25-31(35)36)42-45(12,13)16-3/h26-33,35H,14-25H2,1-13H3/t26-,27-,28-,29-,30+,31+,32-,33-,35+,36+,37-/m1/s1. The molecule has 4 aliphatic rings. The van der Waals surface area contributed by atoms with E-state index in [9.17, 15) is 4.79 Å². The first-order chi connectivity index (χ1) is 20.9. The number of fused-ring (bicyclic) bond motifs is 5. The van der Waals surface area contributed by atoms with Crippen LogP contribution in [0.5, 0.6) is 0 Å². The Labute approximate surface area is 281 Å². The number of hydrogen-bond donors (Lipinski definition) is 0. The van der Waals surface area contributed by atoms with Crippen LogP contribution in [0.1, 0.15) is 99.3 Å². The first kappa shape index (κ1) is 37.8. The average molecular weight is 681 g/mol. The van der Waals surface area contributed by atoms with E-state index in [1.165, 1.54) is 64.1 Å². The van der Waals surface area contributed by atoms with E-state index >= 15 is 0 Å². The Balaban J connectivity index is 1.74. The van der Waals surface area contributed by atoms with Gasteiger partial charge >= 0.3 is 5.97 Å². The second kappa shape index (κ2) is 14.1. The molecular weight excluding hydrogens is 609 g/mol. The maximum Gasteiger partial charge on any atom is 0.305 e. The summed E-state index contributed by atoms with van der Waals surface area (Å²) in [6.07, 6.45) is 11.1. The summed E-state index contributed by atoms with van der Waals surface area (Å²) in [4.78, 5) is 12.2. The van der Waals surface area contributed by atoms with Crippen molar-refractivity contribution in [1.82, 2.24) is 0 Å². The van der Waals surface area contributed by atoms with Crippen LogP contribution < -0.4 is 0 Å². The molecule has 0 aromatic carbocycles. The van der Waals surface area contributed by atoms with E-state index in [4.69, 9.17) is 18.0 Å². The Bertz CT molecular complexity index is 1020. The lowest BCUT2D eigenvalue weighted by Gasteiger charge is -2.66. The van der Waals surface area contributed by atoms with Crippen molar-refractivity contribution in [1.29, 1.82) is 0 Å². The van der Waals surface area contributed by atoms with Gasteiger partial charge in [-0.25, -0.2) is 0 Å². The molecule has 0 unspecified atom stereocenters. The summed E-state index contributed by atoms with van der Waals surface area (Å²) in [6.45, 7) is 29.3. The van der Waals surface area contributed by atoms with Gasteiger partial charge in [0.05, 0.1) is 13.2 Å². The van der Waals surface area contributed by atoms with Gasteiger partial charge in [0.15, 0.2) is 25.0 Å². The first-order valence-electron chi connectivity index (χ1n) is 19.0. The van der Waals surface area contributed by atoms with E-state index in [2.05, 4.69) is 80.8 Å². The zero-order chi connectivity index (χ0) is 33.6. The van der Waals surface area contributed by atoms with Crippen LogP contribution in [0.4, 0.5) is 0 Å². The number of rotatable bonds is 13. The molecule has 4 fully saturated rings. The van der Waals surface area contributed by atoms with Crippen LogP contribution in [-0.2, 0) is 22.8 Å². The Hall–Kier alpha value is 0.000649. The fraction of sp³-hybridized carbons (Fsp3) is 0.973. The number of methoxy groups -OCH3 is 1. The van der Waals surface area contributed by atoms with E-state index in [0.717, 1.165) is 12.5 Å². The Morgan fingerprint density at radius 1 is 0.800 bits per heavy atom. The molecule has 0 N–H and O–H groups in total. The molecule has 262 valence electrons. The smallest absolute Gasteiger partial charge is 0.305 e. The van der Waals surface area contributed by atoms with E-state index in [0.29, 0.717) is 59.6 Å². The lowest BCUT2D eigenvalue weighted by molar-refractivity contribution is -0.199. The summed E-state index contributed by atoms with van der Waals surface area (Å²) in [5.74, 6) is 3.45. The third kappa shape index (κ3) is 7.76. The molecule has 0 bridgehead atoms. The maximum atomic E-state index is 12.2. The minimum atomic E-state index is -1.82. The topological polar surface area (TPSA) is 54.0 Å². The second-order valence-corrected chi connectivity index (χ2v) is 31.6. The molecule has 4 aliphatic carbocycles. The number of carbonyl (C=O) groups excluding carboxylic acids is 1. The molecule has 4 rings (SSSR count). The highest BCUT2D eigenvalue weighted by Crippen LogP contribution is 2.70. The predicted octanol–water partition coefficient (Wildman–Crippen LogP) is 10.3. The fourth-order valence-corrected chi connectivity index (χ4v) is 14.4. The fourth-order valence-electron chi connectivity index (χ4n) is 10.6. The second-order valence-electron chi connectivity index (χ2n) is 18.2. The summed E-state index contributed by atoms with van der Waals surface area (Å²) >= 11 is 0. The molecule has 45 heavy (non-hydrogen) atoms. The molecule has 0 saturated heterocycles. The Kier molecular flexibility index (Phi) is 11.8. The zero-order valence-electron chi connectivity index (χ0n) is 31.7. The highest BCUT2D eigenvalue weighted by Gasteiger charge is 2.67. The molecule has 11 atom stereocenters. The Morgan fingerprint density at radius 2 is 1.40 bits per heavy atom. The average Bonchev–Trinajstić information content (AvgIpc) is 3.34. The van der Waals surface area contributed by atoms with Crippen molar-refractivity contribution >= 4 is 30.9 Å². The van der Waals surface area contributed by atoms with Gasteiger partial charge in [0.1, 0.15) is 0 Å². The number of ether oxygens (including phenoxy) is 1. The van der Waals surface area contributed by atoms with Crippen molar-refractivity contribution < 1.29 is 22.8 Å². The lowest BCUT2D eigenvalue weighted by atomic mass is 9.43. The third-order valence-corrected chi connectivity index (χ3v) is 22.4. The van der Waals surface area contributed by atoms with Gasteiger partial charge in [-0.05, 0) is 155 Å². The molecule has 0 heterocycles. The van der Waals surface area contributed by atoms with Crippen molar-refractivity contribution in [2.24, 2.45) is 46.3 Å². The predicted molar refractivity (Wildman–Crippen MR) is 195 cm³/mol. The monoisotopic (exact) mass is 680 g/mol. The molecule has 0 amide bonds. The molecule has 0 radical (unpaired) electrons. The van der Waals surface area contributed by atoms with Gasteiger partial charge < -0.3 is 18.0 Å².